The van der Waals surface area contributed by atoms with Crippen molar-refractivity contribution >= 4 is 29.6 Å². The highest BCUT2D eigenvalue weighted by atomic mass is 16.5. The molecular weight excluding hydrogens is 560 g/mol. The highest BCUT2D eigenvalue weighted by molar-refractivity contribution is 5.90. The first-order valence-corrected chi connectivity index (χ1v) is 17.3. The molecule has 0 rings (SSSR count). The van der Waals surface area contributed by atoms with Crippen molar-refractivity contribution in [2.24, 2.45) is 5.92 Å². The SMILES string of the molecule is CCCCCCCCCC(=O)NCCCC(CC(=O)OC)NC(=O)C(NC(=O)CNC(=O)CCCCCCCCC)C(C)C. The molecule has 4 N–H and O–H groups in total. The summed E-state index contributed by atoms with van der Waals surface area (Å²) in [5.41, 5.74) is 0. The Morgan fingerprint density at radius 3 is 1.61 bits per heavy atom. The van der Waals surface area contributed by atoms with Crippen LogP contribution < -0.4 is 21.3 Å². The van der Waals surface area contributed by atoms with Gasteiger partial charge in [-0.3, -0.25) is 24.0 Å². The predicted octanol–water partition coefficient (Wildman–Crippen LogP) is 5.47. The third-order valence-electron chi connectivity index (χ3n) is 7.77. The van der Waals surface area contributed by atoms with Crippen molar-refractivity contribution in [1.29, 1.82) is 0 Å². The number of carbonyl (C=O) groups excluding carboxylic acids is 5. The maximum atomic E-state index is 13.1. The summed E-state index contributed by atoms with van der Waals surface area (Å²) in [5, 5.41) is 11.2. The fraction of sp³-hybridized carbons (Fsp3) is 0.853. The normalized spacial score (nSPS) is 12.3. The van der Waals surface area contributed by atoms with Crippen molar-refractivity contribution < 1.29 is 28.7 Å². The van der Waals surface area contributed by atoms with E-state index in [4.69, 9.17) is 4.74 Å². The second-order valence-electron chi connectivity index (χ2n) is 12.3. The molecule has 0 radical (unpaired) electrons. The van der Waals surface area contributed by atoms with E-state index in [1.54, 1.807) is 0 Å². The van der Waals surface area contributed by atoms with Crippen molar-refractivity contribution in [3.63, 3.8) is 0 Å². The first kappa shape index (κ1) is 41.4. The fourth-order valence-electron chi connectivity index (χ4n) is 4.98. The zero-order valence-corrected chi connectivity index (χ0v) is 28.5. The van der Waals surface area contributed by atoms with Crippen LogP contribution in [-0.4, -0.2) is 61.9 Å². The number of hydrogen-bond acceptors (Lipinski definition) is 6. The Morgan fingerprint density at radius 1 is 0.614 bits per heavy atom. The molecule has 256 valence electrons. The summed E-state index contributed by atoms with van der Waals surface area (Å²) in [6.07, 6.45) is 17.8. The molecule has 0 heterocycles. The van der Waals surface area contributed by atoms with Crippen LogP contribution in [-0.2, 0) is 28.7 Å². The first-order chi connectivity index (χ1) is 21.1. The smallest absolute Gasteiger partial charge is 0.307 e. The molecule has 0 saturated heterocycles. The molecule has 4 amide bonds. The topological polar surface area (TPSA) is 143 Å². The van der Waals surface area contributed by atoms with E-state index in [0.29, 0.717) is 32.2 Å². The number of carbonyl (C=O) groups is 5. The van der Waals surface area contributed by atoms with Crippen LogP contribution in [0.2, 0.25) is 0 Å². The molecule has 0 aromatic heterocycles. The summed E-state index contributed by atoms with van der Waals surface area (Å²) in [6.45, 7) is 8.27. The summed E-state index contributed by atoms with van der Waals surface area (Å²) in [4.78, 5) is 62.0. The van der Waals surface area contributed by atoms with Gasteiger partial charge in [-0.05, 0) is 31.6 Å². The Kier molecular flexibility index (Phi) is 26.2. The fourth-order valence-corrected chi connectivity index (χ4v) is 4.98. The minimum absolute atomic E-state index is 0.0123. The maximum Gasteiger partial charge on any atom is 0.307 e. The number of methoxy groups -OCH3 is 1. The number of rotatable bonds is 28. The summed E-state index contributed by atoms with van der Waals surface area (Å²) in [5.74, 6) is -1.67. The molecule has 0 aliphatic carbocycles. The minimum Gasteiger partial charge on any atom is -0.469 e. The van der Waals surface area contributed by atoms with E-state index < -0.39 is 29.9 Å². The Hall–Kier alpha value is -2.65. The van der Waals surface area contributed by atoms with Gasteiger partial charge in [0.05, 0.1) is 20.1 Å². The zero-order chi connectivity index (χ0) is 33.0. The largest absolute Gasteiger partial charge is 0.469 e. The Bertz CT molecular complexity index is 805. The van der Waals surface area contributed by atoms with Crippen LogP contribution in [0, 0.1) is 5.92 Å². The van der Waals surface area contributed by atoms with Crippen LogP contribution in [0.4, 0.5) is 0 Å². The maximum absolute atomic E-state index is 13.1. The molecule has 0 aliphatic rings. The molecule has 0 aromatic rings. The average Bonchev–Trinajstić information content (AvgIpc) is 2.99. The summed E-state index contributed by atoms with van der Waals surface area (Å²) in [7, 11) is 1.30. The van der Waals surface area contributed by atoms with Crippen molar-refractivity contribution in [1.82, 2.24) is 21.3 Å². The molecule has 0 saturated carbocycles. The number of nitrogens with one attached hydrogen (secondary N) is 4. The molecule has 0 fully saturated rings. The Labute approximate surface area is 267 Å². The van der Waals surface area contributed by atoms with Gasteiger partial charge in [0.1, 0.15) is 6.04 Å². The van der Waals surface area contributed by atoms with Gasteiger partial charge in [0.15, 0.2) is 0 Å². The van der Waals surface area contributed by atoms with Crippen LogP contribution >= 0.6 is 0 Å². The Balaban J connectivity index is 4.57. The van der Waals surface area contributed by atoms with Gasteiger partial charge in [0, 0.05) is 25.4 Å². The second-order valence-corrected chi connectivity index (χ2v) is 12.3. The third-order valence-corrected chi connectivity index (χ3v) is 7.77. The summed E-state index contributed by atoms with van der Waals surface area (Å²) in [6, 6.07) is -1.33. The lowest BCUT2D eigenvalue weighted by Gasteiger charge is -2.25. The van der Waals surface area contributed by atoms with Gasteiger partial charge in [-0.25, -0.2) is 0 Å². The van der Waals surface area contributed by atoms with E-state index in [2.05, 4.69) is 35.1 Å². The van der Waals surface area contributed by atoms with Gasteiger partial charge in [0.2, 0.25) is 23.6 Å². The molecular formula is C34H64N4O6. The zero-order valence-electron chi connectivity index (χ0n) is 28.5. The third kappa shape index (κ3) is 23.8. The molecule has 0 aliphatic heterocycles. The lowest BCUT2D eigenvalue weighted by atomic mass is 10.0. The first-order valence-electron chi connectivity index (χ1n) is 17.3. The van der Waals surface area contributed by atoms with Gasteiger partial charge in [-0.2, -0.15) is 0 Å². The highest BCUT2D eigenvalue weighted by Crippen LogP contribution is 2.10. The van der Waals surface area contributed by atoms with E-state index in [1.807, 2.05) is 13.8 Å². The average molecular weight is 625 g/mol. The lowest BCUT2D eigenvalue weighted by Crippen LogP contribution is -2.54. The van der Waals surface area contributed by atoms with Crippen LogP contribution in [0.15, 0.2) is 0 Å². The van der Waals surface area contributed by atoms with Crippen LogP contribution in [0.25, 0.3) is 0 Å². The molecule has 2 unspecified atom stereocenters. The molecule has 0 bridgehead atoms. The molecule has 0 spiro atoms. The number of esters is 1. The number of ether oxygens (including phenoxy) is 1. The van der Waals surface area contributed by atoms with Crippen LogP contribution in [0.1, 0.15) is 150 Å². The number of unbranched alkanes of at least 4 members (excludes halogenated alkanes) is 12. The number of hydrogen-bond donors (Lipinski definition) is 4. The standard InChI is InChI=1S/C34H64N4O6/c1-6-8-10-12-14-16-18-22-29(39)35-24-20-21-28(25-32(42)44-5)37-34(43)33(27(3)4)38-31(41)26-36-30(40)23-19-17-15-13-11-9-7-2/h27-28,33H,6-26H2,1-5H3,(H,35,39)(H,36,40)(H,37,43)(H,38,41). The molecule has 0 aromatic carbocycles. The second kappa shape index (κ2) is 27.9. The van der Waals surface area contributed by atoms with Crippen molar-refractivity contribution in [3.8, 4) is 0 Å². The minimum atomic E-state index is -0.829. The van der Waals surface area contributed by atoms with E-state index in [1.165, 1.54) is 58.5 Å². The van der Waals surface area contributed by atoms with Gasteiger partial charge >= 0.3 is 5.97 Å². The van der Waals surface area contributed by atoms with Crippen molar-refractivity contribution in [2.75, 3.05) is 20.2 Å². The van der Waals surface area contributed by atoms with Crippen molar-refractivity contribution in [3.05, 3.63) is 0 Å². The molecule has 2 atom stereocenters. The molecule has 44 heavy (non-hydrogen) atoms. The Morgan fingerprint density at radius 2 is 1.11 bits per heavy atom. The van der Waals surface area contributed by atoms with E-state index >= 15 is 0 Å². The lowest BCUT2D eigenvalue weighted by molar-refractivity contribution is -0.141. The monoisotopic (exact) mass is 624 g/mol. The van der Waals surface area contributed by atoms with Gasteiger partial charge in [-0.1, -0.05) is 105 Å². The van der Waals surface area contributed by atoms with Crippen LogP contribution in [0.5, 0.6) is 0 Å². The summed E-state index contributed by atoms with van der Waals surface area (Å²) >= 11 is 0. The highest BCUT2D eigenvalue weighted by Gasteiger charge is 2.27. The van der Waals surface area contributed by atoms with E-state index in [9.17, 15) is 24.0 Å². The molecule has 10 heteroatoms. The van der Waals surface area contributed by atoms with Crippen LogP contribution in [0.3, 0.4) is 0 Å². The number of amides is 4. The van der Waals surface area contributed by atoms with Crippen molar-refractivity contribution in [2.45, 2.75) is 162 Å². The van der Waals surface area contributed by atoms with E-state index in [0.717, 1.165) is 38.5 Å². The predicted molar refractivity (Wildman–Crippen MR) is 176 cm³/mol. The summed E-state index contributed by atoms with van der Waals surface area (Å²) < 4.78 is 4.81. The molecule has 10 nitrogen and oxygen atoms in total. The quantitative estimate of drug-likeness (QED) is 0.0672. The van der Waals surface area contributed by atoms with Gasteiger partial charge in [-0.15, -0.1) is 0 Å². The van der Waals surface area contributed by atoms with Gasteiger partial charge < -0.3 is 26.0 Å². The van der Waals surface area contributed by atoms with Gasteiger partial charge in [0.25, 0.3) is 0 Å². The van der Waals surface area contributed by atoms with E-state index in [-0.39, 0.29) is 30.7 Å².